The molecule has 0 unspecified atom stereocenters. The number of nitrogens with one attached hydrogen (secondary N) is 1. The highest BCUT2D eigenvalue weighted by molar-refractivity contribution is 5.95. The van der Waals surface area contributed by atoms with Gasteiger partial charge in [-0.15, -0.1) is 0 Å². The molecule has 1 heterocycles. The van der Waals surface area contributed by atoms with Gasteiger partial charge in [-0.25, -0.2) is 4.79 Å². The molecular weight excluding hydrogens is 326 g/mol. The molecule has 2 aromatic carbocycles. The first-order valence-electron chi connectivity index (χ1n) is 9.44. The number of ether oxygens (including phenoxy) is 1. The Hall–Kier alpha value is -2.49. The fraction of sp³-hybridized carbons (Fsp3) is 0.409. The second-order valence-corrected chi connectivity index (χ2v) is 7.88. The van der Waals surface area contributed by atoms with E-state index in [-0.39, 0.29) is 6.04 Å². The van der Waals surface area contributed by atoms with Gasteiger partial charge in [0, 0.05) is 5.56 Å². The molecule has 0 spiro atoms. The summed E-state index contributed by atoms with van der Waals surface area (Å²) in [5, 5.41) is 13.3. The highest BCUT2D eigenvalue weighted by Crippen LogP contribution is 2.64. The van der Waals surface area contributed by atoms with Crippen LogP contribution in [0.1, 0.15) is 52.7 Å². The van der Waals surface area contributed by atoms with E-state index in [2.05, 4.69) is 17.4 Å². The summed E-state index contributed by atoms with van der Waals surface area (Å²) in [7, 11) is 1.70. The number of carboxylic acids is 1. The van der Waals surface area contributed by atoms with Crippen LogP contribution in [0, 0.1) is 17.8 Å². The van der Waals surface area contributed by atoms with Gasteiger partial charge in [0.15, 0.2) is 0 Å². The Morgan fingerprint density at radius 3 is 2.65 bits per heavy atom. The van der Waals surface area contributed by atoms with Gasteiger partial charge in [0.1, 0.15) is 5.75 Å². The molecule has 1 aliphatic heterocycles. The van der Waals surface area contributed by atoms with Gasteiger partial charge in [-0.3, -0.25) is 0 Å². The molecule has 4 heteroatoms. The lowest BCUT2D eigenvalue weighted by Crippen LogP contribution is -2.36. The van der Waals surface area contributed by atoms with E-state index in [9.17, 15) is 9.90 Å². The maximum atomic E-state index is 11.8. The number of hydrogen-bond donors (Lipinski definition) is 2. The lowest BCUT2D eigenvalue weighted by molar-refractivity contribution is 0.0697. The summed E-state index contributed by atoms with van der Waals surface area (Å²) in [6.07, 6.45) is 3.81. The van der Waals surface area contributed by atoms with Crippen molar-refractivity contribution in [3.8, 4) is 5.75 Å². The van der Waals surface area contributed by atoms with Gasteiger partial charge in [0.2, 0.25) is 0 Å². The number of methoxy groups -OCH3 is 1. The second kappa shape index (κ2) is 5.76. The Labute approximate surface area is 153 Å². The zero-order chi connectivity index (χ0) is 17.8. The molecule has 2 saturated carbocycles. The molecular formula is C22H23NO3. The third-order valence-corrected chi connectivity index (χ3v) is 6.83. The van der Waals surface area contributed by atoms with Crippen LogP contribution in [0.4, 0.5) is 5.69 Å². The first kappa shape index (κ1) is 15.7. The molecule has 0 radical (unpaired) electrons. The van der Waals surface area contributed by atoms with Crippen molar-refractivity contribution in [2.75, 3.05) is 12.4 Å². The van der Waals surface area contributed by atoms with Crippen LogP contribution in [0.15, 0.2) is 42.5 Å². The van der Waals surface area contributed by atoms with Gasteiger partial charge in [0.05, 0.1) is 24.4 Å². The van der Waals surface area contributed by atoms with Crippen LogP contribution in [0.5, 0.6) is 5.75 Å². The number of fused-ring (bicyclic) bond motifs is 7. The zero-order valence-electron chi connectivity index (χ0n) is 14.8. The number of benzene rings is 2. The molecule has 4 nitrogen and oxygen atoms in total. The highest BCUT2D eigenvalue weighted by Gasteiger charge is 2.54. The molecule has 0 saturated heterocycles. The molecule has 26 heavy (non-hydrogen) atoms. The molecule has 3 aliphatic rings. The summed E-state index contributed by atoms with van der Waals surface area (Å²) in [6, 6.07) is 14.0. The third kappa shape index (κ3) is 2.11. The topological polar surface area (TPSA) is 58.6 Å². The Morgan fingerprint density at radius 1 is 1.08 bits per heavy atom. The maximum absolute atomic E-state index is 11.8. The Kier molecular flexibility index (Phi) is 3.49. The van der Waals surface area contributed by atoms with E-state index in [1.54, 1.807) is 13.2 Å². The number of carboxylic acid groups (broad SMARTS) is 1. The predicted molar refractivity (Wildman–Crippen MR) is 99.8 cm³/mol. The van der Waals surface area contributed by atoms with Crippen LogP contribution in [0.25, 0.3) is 0 Å². The van der Waals surface area contributed by atoms with Crippen LogP contribution in [0.2, 0.25) is 0 Å². The largest absolute Gasteiger partial charge is 0.496 e. The number of hydrogen-bond acceptors (Lipinski definition) is 3. The SMILES string of the molecule is COc1ccccc1[C@@H]1Nc2c(C(=O)O)cccc2[C@H]2[C@H]3CC[C@H](C3)[C@@H]21. The molecule has 2 bridgehead atoms. The predicted octanol–water partition coefficient (Wildman–Crippen LogP) is 4.69. The van der Waals surface area contributed by atoms with Crippen LogP contribution in [0.3, 0.4) is 0 Å². The van der Waals surface area contributed by atoms with Crippen molar-refractivity contribution in [3.63, 3.8) is 0 Å². The van der Waals surface area contributed by atoms with Gasteiger partial charge in [0.25, 0.3) is 0 Å². The van der Waals surface area contributed by atoms with Crippen LogP contribution in [-0.4, -0.2) is 18.2 Å². The molecule has 2 aromatic rings. The zero-order valence-corrected chi connectivity index (χ0v) is 14.8. The van der Waals surface area contributed by atoms with Gasteiger partial charge in [-0.2, -0.15) is 0 Å². The Morgan fingerprint density at radius 2 is 1.85 bits per heavy atom. The molecule has 2 aliphatic carbocycles. The fourth-order valence-electron chi connectivity index (χ4n) is 5.92. The lowest BCUT2D eigenvalue weighted by Gasteiger charge is -2.44. The molecule has 2 N–H and O–H groups in total. The lowest BCUT2D eigenvalue weighted by atomic mass is 9.67. The number of aromatic carboxylic acids is 1. The average molecular weight is 349 g/mol. The highest BCUT2D eigenvalue weighted by atomic mass is 16.5. The summed E-state index contributed by atoms with van der Waals surface area (Å²) in [4.78, 5) is 11.8. The Balaban J connectivity index is 1.69. The summed E-state index contributed by atoms with van der Waals surface area (Å²) in [5.74, 6) is 2.33. The van der Waals surface area contributed by atoms with Crippen molar-refractivity contribution in [3.05, 3.63) is 59.2 Å². The smallest absolute Gasteiger partial charge is 0.337 e. The normalized spacial score (nSPS) is 31.0. The molecule has 0 aromatic heterocycles. The standard InChI is InChI=1S/C22H23NO3/c1-26-17-8-3-2-5-14(17)21-19-13-10-9-12(11-13)18(19)15-6-4-7-16(22(24)25)20(15)23-21/h2-8,12-13,18-19,21,23H,9-11H2,1H3,(H,24,25)/t12-,13+,18+,19-,21-/m0/s1. The monoisotopic (exact) mass is 349 g/mol. The van der Waals surface area contributed by atoms with Crippen LogP contribution < -0.4 is 10.1 Å². The van der Waals surface area contributed by atoms with Crippen molar-refractivity contribution in [2.24, 2.45) is 17.8 Å². The second-order valence-electron chi connectivity index (χ2n) is 7.88. The van der Waals surface area contributed by atoms with E-state index >= 15 is 0 Å². The Bertz CT molecular complexity index is 877. The fourth-order valence-corrected chi connectivity index (χ4v) is 5.92. The number of anilines is 1. The first-order valence-corrected chi connectivity index (χ1v) is 9.44. The maximum Gasteiger partial charge on any atom is 0.337 e. The van der Waals surface area contributed by atoms with E-state index < -0.39 is 5.97 Å². The van der Waals surface area contributed by atoms with Crippen molar-refractivity contribution in [1.82, 2.24) is 0 Å². The van der Waals surface area contributed by atoms with Crippen LogP contribution >= 0.6 is 0 Å². The molecule has 5 rings (SSSR count). The van der Waals surface area contributed by atoms with E-state index in [0.29, 0.717) is 29.2 Å². The molecule has 0 amide bonds. The van der Waals surface area contributed by atoms with E-state index in [0.717, 1.165) is 17.0 Å². The first-order chi connectivity index (χ1) is 12.7. The average Bonchev–Trinajstić information content (AvgIpc) is 3.29. The minimum absolute atomic E-state index is 0.0967. The van der Waals surface area contributed by atoms with Crippen molar-refractivity contribution in [1.29, 1.82) is 0 Å². The molecule has 2 fully saturated rings. The quantitative estimate of drug-likeness (QED) is 0.844. The number of rotatable bonds is 3. The van der Waals surface area contributed by atoms with E-state index in [1.807, 2.05) is 24.3 Å². The molecule has 5 atom stereocenters. The minimum Gasteiger partial charge on any atom is -0.496 e. The number of carbonyl (C=O) groups is 1. The van der Waals surface area contributed by atoms with Crippen molar-refractivity contribution >= 4 is 11.7 Å². The third-order valence-electron chi connectivity index (χ3n) is 6.83. The minimum atomic E-state index is -0.866. The summed E-state index contributed by atoms with van der Waals surface area (Å²) in [6.45, 7) is 0. The summed E-state index contributed by atoms with van der Waals surface area (Å²) < 4.78 is 5.64. The van der Waals surface area contributed by atoms with Gasteiger partial charge in [-0.05, 0) is 60.6 Å². The summed E-state index contributed by atoms with van der Waals surface area (Å²) in [5.41, 5.74) is 3.53. The van der Waals surface area contributed by atoms with Crippen molar-refractivity contribution in [2.45, 2.75) is 31.2 Å². The van der Waals surface area contributed by atoms with Crippen LogP contribution in [-0.2, 0) is 0 Å². The number of para-hydroxylation sites is 2. The van der Waals surface area contributed by atoms with Gasteiger partial charge >= 0.3 is 5.97 Å². The van der Waals surface area contributed by atoms with E-state index in [1.165, 1.54) is 24.8 Å². The van der Waals surface area contributed by atoms with Crippen molar-refractivity contribution < 1.29 is 14.6 Å². The van der Waals surface area contributed by atoms with E-state index in [4.69, 9.17) is 4.74 Å². The molecule has 134 valence electrons. The van der Waals surface area contributed by atoms with Gasteiger partial charge < -0.3 is 15.2 Å². The summed E-state index contributed by atoms with van der Waals surface area (Å²) >= 11 is 0. The van der Waals surface area contributed by atoms with Gasteiger partial charge in [-0.1, -0.05) is 30.3 Å².